The summed E-state index contributed by atoms with van der Waals surface area (Å²) in [5, 5.41) is 6.05. The van der Waals surface area contributed by atoms with Crippen molar-refractivity contribution in [1.82, 2.24) is 4.98 Å². The molecule has 27 heavy (non-hydrogen) atoms. The summed E-state index contributed by atoms with van der Waals surface area (Å²) in [6, 6.07) is 17.6. The molecule has 1 amide bonds. The maximum absolute atomic E-state index is 12.9. The van der Waals surface area contributed by atoms with E-state index in [1.54, 1.807) is 30.5 Å². The van der Waals surface area contributed by atoms with Crippen molar-refractivity contribution in [3.05, 3.63) is 89.5 Å². The van der Waals surface area contributed by atoms with Gasteiger partial charge in [-0.2, -0.15) is 0 Å². The van der Waals surface area contributed by atoms with Crippen LogP contribution in [-0.2, 0) is 6.54 Å². The van der Waals surface area contributed by atoms with E-state index in [-0.39, 0.29) is 11.7 Å². The highest BCUT2D eigenvalue weighted by Crippen LogP contribution is 2.18. The largest absolute Gasteiger partial charge is 0.380 e. The molecular formula is C22H22FN3O. The second kappa shape index (κ2) is 8.45. The summed E-state index contributed by atoms with van der Waals surface area (Å²) >= 11 is 0. The smallest absolute Gasteiger partial charge is 0.274 e. The molecule has 0 saturated heterocycles. The Bertz CT molecular complexity index is 888. The molecule has 1 aromatic heterocycles. The number of hydrogen-bond donors (Lipinski definition) is 2. The lowest BCUT2D eigenvalue weighted by Crippen LogP contribution is -2.13. The number of aromatic nitrogens is 1. The molecule has 2 aromatic carbocycles. The summed E-state index contributed by atoms with van der Waals surface area (Å²) in [7, 11) is 0. The van der Waals surface area contributed by atoms with Crippen molar-refractivity contribution in [2.24, 2.45) is 0 Å². The molecule has 0 radical (unpaired) electrons. The van der Waals surface area contributed by atoms with Gasteiger partial charge in [-0.05, 0) is 53.4 Å². The van der Waals surface area contributed by atoms with Gasteiger partial charge in [0, 0.05) is 12.2 Å². The Morgan fingerprint density at radius 1 is 0.963 bits per heavy atom. The first-order valence-corrected chi connectivity index (χ1v) is 8.87. The Balaban J connectivity index is 1.57. The number of hydrogen-bond acceptors (Lipinski definition) is 3. The van der Waals surface area contributed by atoms with E-state index in [0.717, 1.165) is 16.9 Å². The minimum Gasteiger partial charge on any atom is -0.380 e. The Hall–Kier alpha value is -3.21. The minimum atomic E-state index is -0.255. The Labute approximate surface area is 158 Å². The third kappa shape index (κ3) is 5.14. The second-order valence-electron chi connectivity index (χ2n) is 6.64. The number of benzene rings is 2. The quantitative estimate of drug-likeness (QED) is 0.632. The lowest BCUT2D eigenvalue weighted by molar-refractivity contribution is 0.102. The van der Waals surface area contributed by atoms with E-state index < -0.39 is 0 Å². The molecule has 5 heteroatoms. The maximum atomic E-state index is 12.9. The van der Waals surface area contributed by atoms with Gasteiger partial charge in [-0.15, -0.1) is 0 Å². The number of carbonyl (C=O) groups is 1. The first-order chi connectivity index (χ1) is 13.0. The van der Waals surface area contributed by atoms with Crippen LogP contribution in [0.4, 0.5) is 15.8 Å². The number of pyridine rings is 1. The average Bonchev–Trinajstić information content (AvgIpc) is 2.68. The molecule has 3 aromatic rings. The van der Waals surface area contributed by atoms with E-state index in [0.29, 0.717) is 18.2 Å². The van der Waals surface area contributed by atoms with Gasteiger partial charge in [0.05, 0.1) is 11.9 Å². The zero-order valence-corrected chi connectivity index (χ0v) is 15.4. The molecule has 0 atom stereocenters. The van der Waals surface area contributed by atoms with Gasteiger partial charge in [0.1, 0.15) is 11.5 Å². The third-order valence-corrected chi connectivity index (χ3v) is 4.24. The van der Waals surface area contributed by atoms with E-state index >= 15 is 0 Å². The molecule has 0 aliphatic carbocycles. The van der Waals surface area contributed by atoms with Crippen LogP contribution in [-0.4, -0.2) is 10.9 Å². The molecule has 1 heterocycles. The van der Waals surface area contributed by atoms with Crippen LogP contribution >= 0.6 is 0 Å². The molecule has 0 bridgehead atoms. The first-order valence-electron chi connectivity index (χ1n) is 8.87. The summed E-state index contributed by atoms with van der Waals surface area (Å²) in [5.74, 6) is -0.0571. The average molecular weight is 363 g/mol. The number of amides is 1. The number of nitrogens with one attached hydrogen (secondary N) is 2. The number of rotatable bonds is 6. The molecule has 0 unspecified atom stereocenters. The van der Waals surface area contributed by atoms with Crippen LogP contribution in [0.1, 0.15) is 41.4 Å². The molecule has 0 aliphatic rings. The number of anilines is 2. The fourth-order valence-electron chi connectivity index (χ4n) is 2.59. The summed E-state index contributed by atoms with van der Waals surface area (Å²) in [5.41, 5.74) is 4.06. The molecule has 4 nitrogen and oxygen atoms in total. The van der Waals surface area contributed by atoms with E-state index in [1.807, 2.05) is 24.3 Å². The number of nitrogens with zero attached hydrogens (tertiary/aromatic N) is 1. The molecule has 0 saturated carbocycles. The van der Waals surface area contributed by atoms with Gasteiger partial charge in [0.25, 0.3) is 5.91 Å². The number of halogens is 1. The zero-order valence-electron chi connectivity index (χ0n) is 15.4. The standard InChI is InChI=1S/C22H22FN3O/c1-15(2)17-5-9-19(10-6-17)26-22(27)21-12-11-20(14-25-21)24-13-16-3-7-18(23)8-4-16/h3-12,14-15,24H,13H2,1-2H3,(H,26,27). The van der Waals surface area contributed by atoms with Gasteiger partial charge in [0.2, 0.25) is 0 Å². The topological polar surface area (TPSA) is 54.0 Å². The van der Waals surface area contributed by atoms with Gasteiger partial charge in [0.15, 0.2) is 0 Å². The lowest BCUT2D eigenvalue weighted by Gasteiger charge is -2.09. The van der Waals surface area contributed by atoms with Crippen molar-refractivity contribution in [2.75, 3.05) is 10.6 Å². The van der Waals surface area contributed by atoms with Crippen LogP contribution in [0.25, 0.3) is 0 Å². The molecule has 3 rings (SSSR count). The van der Waals surface area contributed by atoms with E-state index in [1.165, 1.54) is 17.7 Å². The van der Waals surface area contributed by atoms with Crippen LogP contribution in [0.2, 0.25) is 0 Å². The van der Waals surface area contributed by atoms with E-state index in [4.69, 9.17) is 0 Å². The zero-order chi connectivity index (χ0) is 19.2. The first kappa shape index (κ1) is 18.6. The summed E-state index contributed by atoms with van der Waals surface area (Å²) < 4.78 is 12.9. The maximum Gasteiger partial charge on any atom is 0.274 e. The monoisotopic (exact) mass is 363 g/mol. The van der Waals surface area contributed by atoms with Crippen LogP contribution in [0.15, 0.2) is 66.9 Å². The van der Waals surface area contributed by atoms with Gasteiger partial charge in [-0.1, -0.05) is 38.1 Å². The third-order valence-electron chi connectivity index (χ3n) is 4.24. The predicted octanol–water partition coefficient (Wildman–Crippen LogP) is 5.21. The fourth-order valence-corrected chi connectivity index (χ4v) is 2.59. The van der Waals surface area contributed by atoms with Crippen molar-refractivity contribution < 1.29 is 9.18 Å². The highest BCUT2D eigenvalue weighted by Gasteiger charge is 2.08. The Kier molecular flexibility index (Phi) is 5.81. The van der Waals surface area contributed by atoms with Crippen molar-refractivity contribution in [2.45, 2.75) is 26.3 Å². The summed E-state index contributed by atoms with van der Waals surface area (Å²) in [4.78, 5) is 16.5. The van der Waals surface area contributed by atoms with Crippen molar-refractivity contribution in [3.63, 3.8) is 0 Å². The molecule has 2 N–H and O–H groups in total. The molecule has 0 aliphatic heterocycles. The number of carbonyl (C=O) groups excluding carboxylic acids is 1. The highest BCUT2D eigenvalue weighted by atomic mass is 19.1. The van der Waals surface area contributed by atoms with Crippen molar-refractivity contribution in [3.8, 4) is 0 Å². The highest BCUT2D eigenvalue weighted by molar-refractivity contribution is 6.02. The predicted molar refractivity (Wildman–Crippen MR) is 106 cm³/mol. The second-order valence-corrected chi connectivity index (χ2v) is 6.64. The lowest BCUT2D eigenvalue weighted by atomic mass is 10.0. The van der Waals surface area contributed by atoms with Crippen LogP contribution in [0.5, 0.6) is 0 Å². The van der Waals surface area contributed by atoms with Crippen LogP contribution in [0, 0.1) is 5.82 Å². The fraction of sp³-hybridized carbons (Fsp3) is 0.182. The van der Waals surface area contributed by atoms with Gasteiger partial charge >= 0.3 is 0 Å². The Morgan fingerprint density at radius 2 is 1.63 bits per heavy atom. The SMILES string of the molecule is CC(C)c1ccc(NC(=O)c2ccc(NCc3ccc(F)cc3)cn2)cc1. The summed E-state index contributed by atoms with van der Waals surface area (Å²) in [6.07, 6.45) is 1.61. The van der Waals surface area contributed by atoms with E-state index in [9.17, 15) is 9.18 Å². The van der Waals surface area contributed by atoms with Gasteiger partial charge in [-0.3, -0.25) is 4.79 Å². The normalized spacial score (nSPS) is 10.7. The molecular weight excluding hydrogens is 341 g/mol. The minimum absolute atomic E-state index is 0.252. The van der Waals surface area contributed by atoms with Gasteiger partial charge in [-0.25, -0.2) is 9.37 Å². The van der Waals surface area contributed by atoms with Crippen LogP contribution < -0.4 is 10.6 Å². The van der Waals surface area contributed by atoms with E-state index in [2.05, 4.69) is 29.5 Å². The molecule has 0 fully saturated rings. The van der Waals surface area contributed by atoms with Crippen molar-refractivity contribution in [1.29, 1.82) is 0 Å². The van der Waals surface area contributed by atoms with Crippen LogP contribution in [0.3, 0.4) is 0 Å². The Morgan fingerprint density at radius 3 is 2.22 bits per heavy atom. The summed E-state index contributed by atoms with van der Waals surface area (Å²) in [6.45, 7) is 4.81. The molecule has 138 valence electrons. The van der Waals surface area contributed by atoms with Gasteiger partial charge < -0.3 is 10.6 Å². The molecule has 0 spiro atoms. The van der Waals surface area contributed by atoms with Crippen molar-refractivity contribution >= 4 is 17.3 Å².